The van der Waals surface area contributed by atoms with Crippen LogP contribution in [0.25, 0.3) is 6.20 Å². The number of carbonyl (C=O) groups is 1. The Morgan fingerprint density at radius 1 is 1.31 bits per heavy atom. The molecule has 4 heteroatoms. The summed E-state index contributed by atoms with van der Waals surface area (Å²) >= 11 is 0. The van der Waals surface area contributed by atoms with Gasteiger partial charge in [0.1, 0.15) is 5.82 Å². The van der Waals surface area contributed by atoms with Crippen molar-refractivity contribution in [1.29, 1.82) is 0 Å². The lowest BCUT2D eigenvalue weighted by atomic mass is 10.4. The lowest BCUT2D eigenvalue weighted by Gasteiger charge is -1.97. The lowest BCUT2D eigenvalue weighted by molar-refractivity contribution is -0.131. The molecule has 0 aliphatic heterocycles. The number of hydrogen-bond acceptors (Lipinski definition) is 2. The zero-order valence-electron chi connectivity index (χ0n) is 9.29. The van der Waals surface area contributed by atoms with Crippen LogP contribution in [-0.4, -0.2) is 20.6 Å². The third-order valence-electron chi connectivity index (χ3n) is 1.97. The normalized spacial score (nSPS) is 12.1. The molecule has 1 heterocycles. The number of nitrogens with zero attached hydrogens (tertiary/aromatic N) is 2. The number of carboxylic acid groups (broad SMARTS) is 1. The van der Waals surface area contributed by atoms with Crippen molar-refractivity contribution in [2.45, 2.75) is 13.8 Å². The first-order valence-electron chi connectivity index (χ1n) is 4.86. The van der Waals surface area contributed by atoms with Crippen molar-refractivity contribution in [1.82, 2.24) is 9.55 Å². The number of hydrogen-bond donors (Lipinski definition) is 1. The SMILES string of the molecule is Cc1cnc(C)n1\C=C/C=C/C=C\C(=O)O. The van der Waals surface area contributed by atoms with Gasteiger partial charge in [0, 0.05) is 24.2 Å². The van der Waals surface area contributed by atoms with E-state index in [2.05, 4.69) is 4.98 Å². The quantitative estimate of drug-likeness (QED) is 0.622. The monoisotopic (exact) mass is 218 g/mol. The molecule has 1 aromatic rings. The summed E-state index contributed by atoms with van der Waals surface area (Å²) in [5, 5.41) is 8.34. The molecule has 84 valence electrons. The molecule has 0 aromatic carbocycles. The van der Waals surface area contributed by atoms with Gasteiger partial charge in [0.05, 0.1) is 0 Å². The molecule has 0 aliphatic rings. The molecular weight excluding hydrogens is 204 g/mol. The van der Waals surface area contributed by atoms with Gasteiger partial charge in [-0.15, -0.1) is 0 Å². The van der Waals surface area contributed by atoms with Crippen molar-refractivity contribution < 1.29 is 9.90 Å². The lowest BCUT2D eigenvalue weighted by Crippen LogP contribution is -1.91. The fourth-order valence-corrected chi connectivity index (χ4v) is 1.19. The van der Waals surface area contributed by atoms with E-state index in [0.29, 0.717) is 0 Å². The minimum atomic E-state index is -0.949. The maximum Gasteiger partial charge on any atom is 0.328 e. The Bertz CT molecular complexity index is 434. The standard InChI is InChI=1S/C12H14N2O2/c1-10-9-13-11(2)14(10)8-6-4-3-5-7-12(15)16/h3-9H,1-2H3,(H,15,16)/b4-3+,7-5-,8-6-. The predicted molar refractivity (Wildman–Crippen MR) is 62.9 cm³/mol. The van der Waals surface area contributed by atoms with Crippen molar-refractivity contribution in [3.63, 3.8) is 0 Å². The maximum atomic E-state index is 10.2. The molecular formula is C12H14N2O2. The highest BCUT2D eigenvalue weighted by Gasteiger charge is 1.96. The summed E-state index contributed by atoms with van der Waals surface area (Å²) in [5.74, 6) is -0.0295. The van der Waals surface area contributed by atoms with Gasteiger partial charge in [-0.25, -0.2) is 9.78 Å². The molecule has 0 aliphatic carbocycles. The zero-order valence-corrected chi connectivity index (χ0v) is 9.29. The smallest absolute Gasteiger partial charge is 0.328 e. The van der Waals surface area contributed by atoms with Crippen molar-refractivity contribution in [2.75, 3.05) is 0 Å². The van der Waals surface area contributed by atoms with Crippen LogP contribution in [0.1, 0.15) is 11.5 Å². The first-order valence-corrected chi connectivity index (χ1v) is 4.86. The number of allylic oxidation sites excluding steroid dienone is 4. The number of aromatic nitrogens is 2. The number of aliphatic carboxylic acids is 1. The summed E-state index contributed by atoms with van der Waals surface area (Å²) in [5.41, 5.74) is 1.06. The summed E-state index contributed by atoms with van der Waals surface area (Å²) in [4.78, 5) is 14.3. The highest BCUT2D eigenvalue weighted by molar-refractivity contribution is 5.80. The Balaban J connectivity index is 2.59. The van der Waals surface area contributed by atoms with E-state index >= 15 is 0 Å². The average molecular weight is 218 g/mol. The second-order valence-electron chi connectivity index (χ2n) is 3.24. The Kier molecular flexibility index (Phi) is 4.27. The molecule has 0 atom stereocenters. The maximum absolute atomic E-state index is 10.2. The third-order valence-corrected chi connectivity index (χ3v) is 1.97. The van der Waals surface area contributed by atoms with Crippen LogP contribution in [-0.2, 0) is 4.79 Å². The molecule has 0 spiro atoms. The predicted octanol–water partition coefficient (Wildman–Crippen LogP) is 2.17. The minimum Gasteiger partial charge on any atom is -0.478 e. The Morgan fingerprint density at radius 3 is 2.56 bits per heavy atom. The summed E-state index contributed by atoms with van der Waals surface area (Å²) in [6.07, 6.45) is 11.5. The van der Waals surface area contributed by atoms with Crippen LogP contribution < -0.4 is 0 Å². The second kappa shape index (κ2) is 5.70. The molecule has 0 saturated heterocycles. The van der Waals surface area contributed by atoms with Gasteiger partial charge in [0.2, 0.25) is 0 Å². The first kappa shape index (κ1) is 12.0. The van der Waals surface area contributed by atoms with E-state index in [1.54, 1.807) is 18.3 Å². The van der Waals surface area contributed by atoms with E-state index in [4.69, 9.17) is 5.11 Å². The van der Waals surface area contributed by atoms with Crippen molar-refractivity contribution >= 4 is 12.2 Å². The molecule has 16 heavy (non-hydrogen) atoms. The number of carboxylic acids is 1. The molecule has 0 unspecified atom stereocenters. The highest BCUT2D eigenvalue weighted by Crippen LogP contribution is 2.03. The van der Waals surface area contributed by atoms with Gasteiger partial charge in [0.25, 0.3) is 0 Å². The molecule has 1 rings (SSSR count). The van der Waals surface area contributed by atoms with Crippen LogP contribution in [0.15, 0.2) is 36.6 Å². The fourth-order valence-electron chi connectivity index (χ4n) is 1.19. The number of aryl methyl sites for hydroxylation is 2. The molecule has 0 radical (unpaired) electrons. The molecule has 1 aromatic heterocycles. The number of rotatable bonds is 4. The Hall–Kier alpha value is -2.10. The van der Waals surface area contributed by atoms with E-state index in [1.165, 1.54) is 6.08 Å². The fraction of sp³-hybridized carbons (Fsp3) is 0.167. The molecule has 0 amide bonds. The highest BCUT2D eigenvalue weighted by atomic mass is 16.4. The van der Waals surface area contributed by atoms with Gasteiger partial charge in [-0.2, -0.15) is 0 Å². The largest absolute Gasteiger partial charge is 0.478 e. The van der Waals surface area contributed by atoms with E-state index in [1.807, 2.05) is 30.7 Å². The van der Waals surface area contributed by atoms with Gasteiger partial charge < -0.3 is 9.67 Å². The van der Waals surface area contributed by atoms with Crippen LogP contribution in [0.4, 0.5) is 0 Å². The summed E-state index contributed by atoms with van der Waals surface area (Å²) in [6.45, 7) is 3.89. The van der Waals surface area contributed by atoms with E-state index in [-0.39, 0.29) is 0 Å². The van der Waals surface area contributed by atoms with Crippen LogP contribution in [0.3, 0.4) is 0 Å². The average Bonchev–Trinajstić information content (AvgIpc) is 2.53. The summed E-state index contributed by atoms with van der Waals surface area (Å²) in [7, 11) is 0. The van der Waals surface area contributed by atoms with Crippen LogP contribution >= 0.6 is 0 Å². The van der Waals surface area contributed by atoms with Crippen LogP contribution in [0.5, 0.6) is 0 Å². The molecule has 4 nitrogen and oxygen atoms in total. The Morgan fingerprint density at radius 2 is 2.00 bits per heavy atom. The number of imidazole rings is 1. The van der Waals surface area contributed by atoms with Gasteiger partial charge in [0.15, 0.2) is 0 Å². The summed E-state index contributed by atoms with van der Waals surface area (Å²) < 4.78 is 1.95. The second-order valence-corrected chi connectivity index (χ2v) is 3.24. The molecule has 0 fully saturated rings. The zero-order chi connectivity index (χ0) is 12.0. The minimum absolute atomic E-state index is 0.920. The molecule has 0 saturated carbocycles. The van der Waals surface area contributed by atoms with Crippen molar-refractivity contribution in [3.05, 3.63) is 48.1 Å². The third kappa shape index (κ3) is 3.57. The van der Waals surface area contributed by atoms with Gasteiger partial charge in [-0.3, -0.25) is 0 Å². The van der Waals surface area contributed by atoms with Gasteiger partial charge in [-0.05, 0) is 19.9 Å². The van der Waals surface area contributed by atoms with Gasteiger partial charge in [-0.1, -0.05) is 18.2 Å². The topological polar surface area (TPSA) is 55.1 Å². The van der Waals surface area contributed by atoms with Crippen molar-refractivity contribution in [2.24, 2.45) is 0 Å². The van der Waals surface area contributed by atoms with E-state index < -0.39 is 5.97 Å². The van der Waals surface area contributed by atoms with Crippen LogP contribution in [0.2, 0.25) is 0 Å². The Labute approximate surface area is 94.2 Å². The molecule has 0 bridgehead atoms. The molecule has 1 N–H and O–H groups in total. The first-order chi connectivity index (χ1) is 7.61. The summed E-state index contributed by atoms with van der Waals surface area (Å²) in [6, 6.07) is 0. The van der Waals surface area contributed by atoms with Gasteiger partial charge >= 0.3 is 5.97 Å². The van der Waals surface area contributed by atoms with E-state index in [9.17, 15) is 4.79 Å². The van der Waals surface area contributed by atoms with Crippen molar-refractivity contribution in [3.8, 4) is 0 Å². The van der Waals surface area contributed by atoms with Crippen LogP contribution in [0, 0.1) is 13.8 Å². The van der Waals surface area contributed by atoms with E-state index in [0.717, 1.165) is 17.6 Å².